The van der Waals surface area contributed by atoms with Crippen molar-refractivity contribution in [2.45, 2.75) is 25.2 Å². The average Bonchev–Trinajstić information content (AvgIpc) is 2.63. The molecule has 0 fully saturated rings. The SMILES string of the molecule is C=CC(=O)OCCCc1ccccc1-c1cc(C(F)(F)F)cc(C(F)(F)F)c1. The molecule has 0 saturated carbocycles. The van der Waals surface area contributed by atoms with Gasteiger partial charge in [-0.15, -0.1) is 0 Å². The van der Waals surface area contributed by atoms with Gasteiger partial charge in [0, 0.05) is 6.08 Å². The summed E-state index contributed by atoms with van der Waals surface area (Å²) >= 11 is 0. The van der Waals surface area contributed by atoms with E-state index in [9.17, 15) is 31.1 Å². The Bertz CT molecular complexity index is 820. The second-order valence-corrected chi connectivity index (χ2v) is 5.93. The number of esters is 1. The van der Waals surface area contributed by atoms with Crippen LogP contribution >= 0.6 is 0 Å². The summed E-state index contributed by atoms with van der Waals surface area (Å²) in [4.78, 5) is 11.0. The van der Waals surface area contributed by atoms with Gasteiger partial charge in [0.25, 0.3) is 0 Å². The molecule has 8 heteroatoms. The minimum atomic E-state index is -4.91. The van der Waals surface area contributed by atoms with Gasteiger partial charge < -0.3 is 4.74 Å². The van der Waals surface area contributed by atoms with E-state index in [1.54, 1.807) is 12.1 Å². The van der Waals surface area contributed by atoms with E-state index in [2.05, 4.69) is 6.58 Å². The normalized spacial score (nSPS) is 11.9. The molecule has 0 spiro atoms. The number of aryl methyl sites for hydroxylation is 1. The molecule has 0 aromatic heterocycles. The number of ether oxygens (including phenoxy) is 1. The molecule has 0 heterocycles. The van der Waals surface area contributed by atoms with Gasteiger partial charge in [-0.05, 0) is 47.7 Å². The molecule has 2 rings (SSSR count). The molecule has 0 N–H and O–H groups in total. The van der Waals surface area contributed by atoms with Crippen LogP contribution in [0.25, 0.3) is 11.1 Å². The number of rotatable bonds is 6. The minimum Gasteiger partial charge on any atom is -0.463 e. The third-order valence-corrected chi connectivity index (χ3v) is 3.92. The van der Waals surface area contributed by atoms with E-state index >= 15 is 0 Å². The van der Waals surface area contributed by atoms with Crippen molar-refractivity contribution in [2.24, 2.45) is 0 Å². The second-order valence-electron chi connectivity index (χ2n) is 5.93. The first-order valence-electron chi connectivity index (χ1n) is 8.19. The summed E-state index contributed by atoms with van der Waals surface area (Å²) < 4.78 is 83.3. The first kappa shape index (κ1) is 21.5. The van der Waals surface area contributed by atoms with Gasteiger partial charge in [0.1, 0.15) is 0 Å². The molecule has 0 atom stereocenters. The van der Waals surface area contributed by atoms with E-state index in [1.165, 1.54) is 12.1 Å². The number of halogens is 6. The number of carbonyl (C=O) groups excluding carboxylic acids is 1. The largest absolute Gasteiger partial charge is 0.463 e. The fourth-order valence-corrected chi connectivity index (χ4v) is 2.62. The maximum Gasteiger partial charge on any atom is 0.416 e. The number of carbonyl (C=O) groups is 1. The van der Waals surface area contributed by atoms with Gasteiger partial charge in [-0.1, -0.05) is 30.8 Å². The summed E-state index contributed by atoms with van der Waals surface area (Å²) in [5.41, 5.74) is -2.11. The molecule has 28 heavy (non-hydrogen) atoms. The van der Waals surface area contributed by atoms with Crippen LogP contribution in [0.2, 0.25) is 0 Å². The zero-order chi connectivity index (χ0) is 20.9. The molecule has 0 aliphatic carbocycles. The maximum absolute atomic E-state index is 13.1. The monoisotopic (exact) mass is 402 g/mol. The molecular weight excluding hydrogens is 386 g/mol. The van der Waals surface area contributed by atoms with Crippen molar-refractivity contribution in [3.05, 3.63) is 71.8 Å². The Balaban J connectivity index is 2.39. The van der Waals surface area contributed by atoms with E-state index in [0.29, 0.717) is 30.5 Å². The van der Waals surface area contributed by atoms with E-state index in [0.717, 1.165) is 6.08 Å². The number of alkyl halides is 6. The van der Waals surface area contributed by atoms with Gasteiger partial charge in [0.05, 0.1) is 17.7 Å². The van der Waals surface area contributed by atoms with Crippen molar-refractivity contribution in [1.29, 1.82) is 0 Å². The van der Waals surface area contributed by atoms with Gasteiger partial charge in [-0.25, -0.2) is 4.79 Å². The Kier molecular flexibility index (Phi) is 6.53. The van der Waals surface area contributed by atoms with Crippen LogP contribution in [0.1, 0.15) is 23.1 Å². The number of benzene rings is 2. The van der Waals surface area contributed by atoms with Crippen LogP contribution in [0.3, 0.4) is 0 Å². The molecule has 2 aromatic carbocycles. The third-order valence-electron chi connectivity index (χ3n) is 3.92. The number of hydrogen-bond acceptors (Lipinski definition) is 2. The Hall–Kier alpha value is -2.77. The second kappa shape index (κ2) is 8.50. The van der Waals surface area contributed by atoms with E-state index in [4.69, 9.17) is 4.74 Å². The molecular formula is C20H16F6O2. The summed E-state index contributed by atoms with van der Waals surface area (Å²) in [7, 11) is 0. The fourth-order valence-electron chi connectivity index (χ4n) is 2.62. The molecule has 0 saturated heterocycles. The van der Waals surface area contributed by atoms with Crippen LogP contribution in [0.15, 0.2) is 55.1 Å². The van der Waals surface area contributed by atoms with Crippen LogP contribution in [-0.4, -0.2) is 12.6 Å². The molecule has 0 bridgehead atoms. The van der Waals surface area contributed by atoms with Crippen molar-refractivity contribution in [1.82, 2.24) is 0 Å². The highest BCUT2D eigenvalue weighted by atomic mass is 19.4. The lowest BCUT2D eigenvalue weighted by molar-refractivity contribution is -0.143. The fraction of sp³-hybridized carbons (Fsp3) is 0.250. The zero-order valence-corrected chi connectivity index (χ0v) is 14.5. The van der Waals surface area contributed by atoms with Crippen molar-refractivity contribution in [3.8, 4) is 11.1 Å². The highest BCUT2D eigenvalue weighted by Crippen LogP contribution is 2.39. The Morgan fingerprint density at radius 1 is 0.964 bits per heavy atom. The molecule has 0 amide bonds. The van der Waals surface area contributed by atoms with Crippen molar-refractivity contribution in [3.63, 3.8) is 0 Å². The topological polar surface area (TPSA) is 26.3 Å². The quantitative estimate of drug-likeness (QED) is 0.254. The van der Waals surface area contributed by atoms with Crippen molar-refractivity contribution >= 4 is 5.97 Å². The van der Waals surface area contributed by atoms with Crippen LogP contribution in [0.5, 0.6) is 0 Å². The summed E-state index contributed by atoms with van der Waals surface area (Å²) in [5.74, 6) is -0.610. The van der Waals surface area contributed by atoms with Gasteiger partial charge >= 0.3 is 18.3 Å². The summed E-state index contributed by atoms with van der Waals surface area (Å²) in [6.07, 6.45) is -8.18. The van der Waals surface area contributed by atoms with Crippen LogP contribution < -0.4 is 0 Å². The first-order valence-corrected chi connectivity index (χ1v) is 8.19. The third kappa shape index (κ3) is 5.61. The summed E-state index contributed by atoms with van der Waals surface area (Å²) in [6, 6.07) is 7.73. The van der Waals surface area contributed by atoms with Crippen molar-refractivity contribution in [2.75, 3.05) is 6.61 Å². The molecule has 0 unspecified atom stereocenters. The molecule has 2 nitrogen and oxygen atoms in total. The summed E-state index contributed by atoms with van der Waals surface area (Å²) in [6.45, 7) is 3.30. The smallest absolute Gasteiger partial charge is 0.416 e. The molecule has 0 radical (unpaired) electrons. The standard InChI is InChI=1S/C20H16F6O2/c1-2-18(27)28-9-5-7-13-6-3-4-8-17(13)14-10-15(19(21,22)23)12-16(11-14)20(24,25)26/h2-4,6,8,10-12H,1,5,7,9H2. The highest BCUT2D eigenvalue weighted by Gasteiger charge is 2.37. The van der Waals surface area contributed by atoms with Gasteiger partial charge in [-0.3, -0.25) is 0 Å². The average molecular weight is 402 g/mol. The summed E-state index contributed by atoms with van der Waals surface area (Å²) in [5, 5.41) is 0. The molecule has 150 valence electrons. The zero-order valence-electron chi connectivity index (χ0n) is 14.5. The lowest BCUT2D eigenvalue weighted by atomic mass is 9.93. The van der Waals surface area contributed by atoms with E-state index in [-0.39, 0.29) is 23.8 Å². The highest BCUT2D eigenvalue weighted by molar-refractivity contribution is 5.81. The van der Waals surface area contributed by atoms with Crippen LogP contribution in [-0.2, 0) is 28.3 Å². The Morgan fingerprint density at radius 3 is 2.07 bits per heavy atom. The van der Waals surface area contributed by atoms with E-state index in [1.807, 2.05) is 0 Å². The van der Waals surface area contributed by atoms with Crippen molar-refractivity contribution < 1.29 is 35.9 Å². The molecule has 2 aromatic rings. The van der Waals surface area contributed by atoms with Gasteiger partial charge in [0.15, 0.2) is 0 Å². The maximum atomic E-state index is 13.1. The molecule has 0 aliphatic rings. The predicted octanol–water partition coefficient (Wildman–Crippen LogP) is 6.05. The van der Waals surface area contributed by atoms with E-state index < -0.39 is 29.4 Å². The minimum absolute atomic E-state index is 0.0512. The number of hydrogen-bond donors (Lipinski definition) is 0. The van der Waals surface area contributed by atoms with Crippen LogP contribution in [0.4, 0.5) is 26.3 Å². The first-order chi connectivity index (χ1) is 13.0. The lowest BCUT2D eigenvalue weighted by Crippen LogP contribution is -2.11. The van der Waals surface area contributed by atoms with Crippen LogP contribution in [0, 0.1) is 0 Å². The van der Waals surface area contributed by atoms with Gasteiger partial charge in [0.2, 0.25) is 0 Å². The Labute approximate surface area is 157 Å². The Morgan fingerprint density at radius 2 is 1.54 bits per heavy atom. The predicted molar refractivity (Wildman–Crippen MR) is 91.4 cm³/mol. The molecule has 0 aliphatic heterocycles. The lowest BCUT2D eigenvalue weighted by Gasteiger charge is -2.16. The van der Waals surface area contributed by atoms with Gasteiger partial charge in [-0.2, -0.15) is 26.3 Å².